The third-order valence-electron chi connectivity index (χ3n) is 1.94. The molecule has 1 aromatic carbocycles. The van der Waals surface area contributed by atoms with Crippen molar-refractivity contribution in [3.05, 3.63) is 36.0 Å². The number of anilines is 1. The van der Waals surface area contributed by atoms with Crippen LogP contribution in [0.1, 0.15) is 6.92 Å². The van der Waals surface area contributed by atoms with E-state index in [0.29, 0.717) is 12.2 Å². The zero-order chi connectivity index (χ0) is 12.7. The van der Waals surface area contributed by atoms with Gasteiger partial charge in [-0.15, -0.1) is 0 Å². The quantitative estimate of drug-likeness (QED) is 0.415. The van der Waals surface area contributed by atoms with Gasteiger partial charge in [0.05, 0.1) is 0 Å². The average Bonchev–Trinajstić information content (AvgIpc) is 2.33. The van der Waals surface area contributed by atoms with Crippen LogP contribution in [0.15, 0.2) is 36.0 Å². The van der Waals surface area contributed by atoms with Crippen molar-refractivity contribution in [3.8, 4) is 11.8 Å². The maximum atomic E-state index is 11.6. The van der Waals surface area contributed by atoms with E-state index in [0.717, 1.165) is 0 Å². The summed E-state index contributed by atoms with van der Waals surface area (Å²) in [5.74, 6) is -0.370. The first-order valence-electron chi connectivity index (χ1n) is 5.11. The lowest BCUT2D eigenvalue weighted by atomic mass is 10.2. The van der Waals surface area contributed by atoms with E-state index in [2.05, 4.69) is 10.6 Å². The van der Waals surface area contributed by atoms with E-state index in [1.807, 2.05) is 6.92 Å². The molecule has 0 fully saturated rings. The largest absolute Gasteiger partial charge is 0.508 e. The summed E-state index contributed by atoms with van der Waals surface area (Å²) in [6.07, 6.45) is 1.37. The number of hydrogen-bond donors (Lipinski definition) is 3. The monoisotopic (exact) mass is 231 g/mol. The van der Waals surface area contributed by atoms with Gasteiger partial charge in [0.15, 0.2) is 0 Å². The molecule has 5 nitrogen and oxygen atoms in total. The SMILES string of the molecule is CCN/C=C(/C#N)C(=O)Nc1ccc(O)cc1. The molecule has 0 aliphatic rings. The fourth-order valence-electron chi connectivity index (χ4n) is 1.10. The highest BCUT2D eigenvalue weighted by atomic mass is 16.3. The second-order valence-electron chi connectivity index (χ2n) is 3.23. The molecule has 17 heavy (non-hydrogen) atoms. The maximum absolute atomic E-state index is 11.6. The number of amides is 1. The number of rotatable bonds is 4. The summed E-state index contributed by atoms with van der Waals surface area (Å²) >= 11 is 0. The van der Waals surface area contributed by atoms with Gasteiger partial charge in [0.1, 0.15) is 17.4 Å². The summed E-state index contributed by atoms with van der Waals surface area (Å²) < 4.78 is 0. The molecule has 0 atom stereocenters. The van der Waals surface area contributed by atoms with Crippen LogP contribution in [0.3, 0.4) is 0 Å². The molecule has 0 aromatic heterocycles. The Morgan fingerprint density at radius 1 is 1.47 bits per heavy atom. The van der Waals surface area contributed by atoms with Gasteiger partial charge in [-0.1, -0.05) is 0 Å². The average molecular weight is 231 g/mol. The van der Waals surface area contributed by atoms with E-state index in [4.69, 9.17) is 10.4 Å². The van der Waals surface area contributed by atoms with E-state index in [1.165, 1.54) is 18.3 Å². The fourth-order valence-corrected chi connectivity index (χ4v) is 1.10. The van der Waals surface area contributed by atoms with Crippen molar-refractivity contribution < 1.29 is 9.90 Å². The minimum absolute atomic E-state index is 0.0000694. The maximum Gasteiger partial charge on any atom is 0.267 e. The topological polar surface area (TPSA) is 85.2 Å². The molecule has 1 aromatic rings. The minimum Gasteiger partial charge on any atom is -0.508 e. The molecule has 0 aliphatic heterocycles. The number of aromatic hydroxyl groups is 1. The van der Waals surface area contributed by atoms with Crippen LogP contribution in [0.25, 0.3) is 0 Å². The summed E-state index contributed by atoms with van der Waals surface area (Å²) in [4.78, 5) is 11.6. The third kappa shape index (κ3) is 3.87. The second kappa shape index (κ2) is 6.18. The number of phenolic OH excluding ortho intramolecular Hbond substituents is 1. The van der Waals surface area contributed by atoms with E-state index >= 15 is 0 Å². The predicted octanol–water partition coefficient (Wildman–Crippen LogP) is 1.35. The normalized spacial score (nSPS) is 10.5. The summed E-state index contributed by atoms with van der Waals surface area (Å²) in [5.41, 5.74) is 0.519. The minimum atomic E-state index is -0.487. The molecule has 0 spiro atoms. The molecule has 3 N–H and O–H groups in total. The molecular formula is C12H13N3O2. The van der Waals surface area contributed by atoms with Gasteiger partial charge in [-0.05, 0) is 31.2 Å². The Balaban J connectivity index is 2.71. The number of nitrogens with zero attached hydrogens (tertiary/aromatic N) is 1. The molecule has 0 bridgehead atoms. The third-order valence-corrected chi connectivity index (χ3v) is 1.94. The first-order chi connectivity index (χ1) is 8.17. The molecule has 0 saturated heterocycles. The highest BCUT2D eigenvalue weighted by Gasteiger charge is 2.08. The van der Waals surface area contributed by atoms with Crippen LogP contribution in [-0.2, 0) is 4.79 Å². The summed E-state index contributed by atoms with van der Waals surface area (Å²) in [7, 11) is 0. The number of benzene rings is 1. The van der Waals surface area contributed by atoms with Crippen LogP contribution in [0.5, 0.6) is 5.75 Å². The van der Waals surface area contributed by atoms with Gasteiger partial charge in [0.2, 0.25) is 0 Å². The Kier molecular flexibility index (Phi) is 4.58. The second-order valence-corrected chi connectivity index (χ2v) is 3.23. The predicted molar refractivity (Wildman–Crippen MR) is 64.1 cm³/mol. The Morgan fingerprint density at radius 3 is 2.65 bits per heavy atom. The number of hydrogen-bond acceptors (Lipinski definition) is 4. The van der Waals surface area contributed by atoms with Crippen molar-refractivity contribution in [1.29, 1.82) is 5.26 Å². The number of nitriles is 1. The summed E-state index contributed by atoms with van der Waals surface area (Å²) in [6, 6.07) is 7.82. The van der Waals surface area contributed by atoms with Crippen LogP contribution in [0, 0.1) is 11.3 Å². The molecule has 5 heteroatoms. The molecule has 0 saturated carbocycles. The number of phenols is 1. The van der Waals surface area contributed by atoms with Crippen LogP contribution in [0.4, 0.5) is 5.69 Å². The molecule has 0 unspecified atom stereocenters. The molecule has 88 valence electrons. The summed E-state index contributed by atoms with van der Waals surface area (Å²) in [5, 5.41) is 23.2. The Hall–Kier alpha value is -2.48. The van der Waals surface area contributed by atoms with Gasteiger partial charge in [0, 0.05) is 18.4 Å². The van der Waals surface area contributed by atoms with Gasteiger partial charge in [-0.3, -0.25) is 4.79 Å². The van der Waals surface area contributed by atoms with Crippen molar-refractivity contribution in [2.24, 2.45) is 0 Å². The van der Waals surface area contributed by atoms with Gasteiger partial charge < -0.3 is 15.7 Å². The lowest BCUT2D eigenvalue weighted by molar-refractivity contribution is -0.112. The van der Waals surface area contributed by atoms with Gasteiger partial charge in [-0.25, -0.2) is 0 Å². The first-order valence-corrected chi connectivity index (χ1v) is 5.11. The first kappa shape index (κ1) is 12.6. The van der Waals surface area contributed by atoms with Gasteiger partial charge >= 0.3 is 0 Å². The Labute approximate surface area is 99.4 Å². The van der Waals surface area contributed by atoms with E-state index < -0.39 is 5.91 Å². The Morgan fingerprint density at radius 2 is 2.12 bits per heavy atom. The molecule has 0 aliphatic carbocycles. The Bertz CT molecular complexity index is 458. The van der Waals surface area contributed by atoms with Crippen LogP contribution in [0.2, 0.25) is 0 Å². The van der Waals surface area contributed by atoms with Gasteiger partial charge in [0.25, 0.3) is 5.91 Å². The fraction of sp³-hybridized carbons (Fsp3) is 0.167. The molecule has 1 amide bonds. The zero-order valence-corrected chi connectivity index (χ0v) is 9.40. The molecular weight excluding hydrogens is 218 g/mol. The highest BCUT2D eigenvalue weighted by Crippen LogP contribution is 2.14. The van der Waals surface area contributed by atoms with Crippen LogP contribution in [-0.4, -0.2) is 17.6 Å². The van der Waals surface area contributed by atoms with Crippen molar-refractivity contribution in [3.63, 3.8) is 0 Å². The van der Waals surface area contributed by atoms with Crippen LogP contribution >= 0.6 is 0 Å². The number of carbonyl (C=O) groups is 1. The highest BCUT2D eigenvalue weighted by molar-refractivity contribution is 6.06. The van der Waals surface area contributed by atoms with Crippen LogP contribution < -0.4 is 10.6 Å². The smallest absolute Gasteiger partial charge is 0.267 e. The summed E-state index contributed by atoms with van der Waals surface area (Å²) in [6.45, 7) is 2.50. The van der Waals surface area contributed by atoms with Crippen molar-refractivity contribution in [2.75, 3.05) is 11.9 Å². The van der Waals surface area contributed by atoms with E-state index in [9.17, 15) is 4.79 Å². The lowest BCUT2D eigenvalue weighted by Gasteiger charge is -2.04. The molecule has 1 rings (SSSR count). The lowest BCUT2D eigenvalue weighted by Crippen LogP contribution is -2.16. The van der Waals surface area contributed by atoms with Crippen molar-refractivity contribution >= 4 is 11.6 Å². The standard InChI is InChI=1S/C12H13N3O2/c1-2-14-8-9(7-13)12(17)15-10-3-5-11(16)6-4-10/h3-6,8,14,16H,2H2,1H3,(H,15,17)/b9-8-. The van der Waals surface area contributed by atoms with E-state index in [-0.39, 0.29) is 11.3 Å². The molecule has 0 heterocycles. The van der Waals surface area contributed by atoms with Gasteiger partial charge in [-0.2, -0.15) is 5.26 Å². The molecule has 0 radical (unpaired) electrons. The van der Waals surface area contributed by atoms with Crippen molar-refractivity contribution in [1.82, 2.24) is 5.32 Å². The van der Waals surface area contributed by atoms with Crippen molar-refractivity contribution in [2.45, 2.75) is 6.92 Å². The van der Waals surface area contributed by atoms with E-state index in [1.54, 1.807) is 18.2 Å². The number of carbonyl (C=O) groups excluding carboxylic acids is 1. The zero-order valence-electron chi connectivity index (χ0n) is 9.40. The number of nitrogens with one attached hydrogen (secondary N) is 2.